The van der Waals surface area contributed by atoms with E-state index in [1.165, 1.54) is 24.3 Å². The van der Waals surface area contributed by atoms with Crippen molar-refractivity contribution in [3.63, 3.8) is 0 Å². The van der Waals surface area contributed by atoms with Crippen molar-refractivity contribution in [1.82, 2.24) is 10.2 Å². The van der Waals surface area contributed by atoms with Gasteiger partial charge in [0, 0.05) is 30.4 Å². The van der Waals surface area contributed by atoms with Crippen molar-refractivity contribution in [3.8, 4) is 0 Å². The zero-order chi connectivity index (χ0) is 18.7. The van der Waals surface area contributed by atoms with E-state index in [0.29, 0.717) is 18.8 Å². The van der Waals surface area contributed by atoms with Gasteiger partial charge in [-0.15, -0.1) is 12.4 Å². The summed E-state index contributed by atoms with van der Waals surface area (Å²) in [5, 5.41) is 5.56. The van der Waals surface area contributed by atoms with Gasteiger partial charge in [-0.1, -0.05) is 12.8 Å². The fourth-order valence-electron chi connectivity index (χ4n) is 3.95. The van der Waals surface area contributed by atoms with E-state index in [-0.39, 0.29) is 42.1 Å². The summed E-state index contributed by atoms with van der Waals surface area (Å²) in [6.07, 6.45) is 4.55. The lowest BCUT2D eigenvalue weighted by atomic mass is 9.74. The summed E-state index contributed by atoms with van der Waals surface area (Å²) in [4.78, 5) is 26.8. The Hall–Kier alpha value is -1.86. The molecule has 150 valence electrons. The number of benzene rings is 1. The van der Waals surface area contributed by atoms with Crippen molar-refractivity contribution < 1.29 is 14.0 Å². The van der Waals surface area contributed by atoms with Crippen LogP contribution in [0.25, 0.3) is 0 Å². The first-order valence-electron chi connectivity index (χ1n) is 9.26. The standard InChI is InChI=1S/C19H27FN4O2.ClH/c1-19(21)10-3-2-4-16(19)17(25)24-11-9-15(12-24)23-18(26)22-14-7-5-13(20)6-8-14;/h5-8,15-16H,2-4,9-12,21H2,1H3,(H2,22,23,26);1H. The van der Waals surface area contributed by atoms with E-state index in [9.17, 15) is 14.0 Å². The van der Waals surface area contributed by atoms with Gasteiger partial charge < -0.3 is 21.3 Å². The zero-order valence-electron chi connectivity index (χ0n) is 15.5. The molecule has 27 heavy (non-hydrogen) atoms. The largest absolute Gasteiger partial charge is 0.340 e. The molecule has 3 rings (SSSR count). The second-order valence-electron chi connectivity index (χ2n) is 7.68. The number of anilines is 1. The van der Waals surface area contributed by atoms with Gasteiger partial charge in [0.05, 0.1) is 5.92 Å². The predicted octanol–water partition coefficient (Wildman–Crippen LogP) is 2.88. The smallest absolute Gasteiger partial charge is 0.319 e. The van der Waals surface area contributed by atoms with Gasteiger partial charge >= 0.3 is 6.03 Å². The first-order chi connectivity index (χ1) is 12.3. The van der Waals surface area contributed by atoms with Crippen LogP contribution in [-0.2, 0) is 4.79 Å². The van der Waals surface area contributed by atoms with Crippen LogP contribution in [0.1, 0.15) is 39.0 Å². The van der Waals surface area contributed by atoms with Crippen LogP contribution in [0.2, 0.25) is 0 Å². The van der Waals surface area contributed by atoms with E-state index >= 15 is 0 Å². The van der Waals surface area contributed by atoms with Crippen LogP contribution in [0, 0.1) is 11.7 Å². The Morgan fingerprint density at radius 3 is 2.59 bits per heavy atom. The Kier molecular flexibility index (Phi) is 7.06. The molecule has 2 fully saturated rings. The third kappa shape index (κ3) is 5.32. The molecule has 3 unspecified atom stereocenters. The summed E-state index contributed by atoms with van der Waals surface area (Å²) in [6.45, 7) is 3.10. The highest BCUT2D eigenvalue weighted by Crippen LogP contribution is 2.33. The molecular weight excluding hydrogens is 371 g/mol. The van der Waals surface area contributed by atoms with Crippen molar-refractivity contribution in [2.45, 2.75) is 50.6 Å². The maximum absolute atomic E-state index is 12.9. The number of nitrogens with two attached hydrogens (primary N) is 1. The lowest BCUT2D eigenvalue weighted by Gasteiger charge is -2.39. The first kappa shape index (κ1) is 21.4. The van der Waals surface area contributed by atoms with Crippen LogP contribution < -0.4 is 16.4 Å². The molecule has 1 aromatic carbocycles. The Bertz CT molecular complexity index is 668. The highest BCUT2D eigenvalue weighted by molar-refractivity contribution is 5.89. The van der Waals surface area contributed by atoms with Crippen LogP contribution in [0.15, 0.2) is 24.3 Å². The van der Waals surface area contributed by atoms with Gasteiger partial charge in [-0.3, -0.25) is 4.79 Å². The second-order valence-corrected chi connectivity index (χ2v) is 7.68. The SMILES string of the molecule is CC1(N)CCCCC1C(=O)N1CCC(NC(=O)Nc2ccc(F)cc2)C1.Cl. The van der Waals surface area contributed by atoms with Gasteiger partial charge in [-0.2, -0.15) is 0 Å². The van der Waals surface area contributed by atoms with Gasteiger partial charge in [0.25, 0.3) is 0 Å². The van der Waals surface area contributed by atoms with Crippen molar-refractivity contribution in [1.29, 1.82) is 0 Å². The molecule has 8 heteroatoms. The number of urea groups is 1. The van der Waals surface area contributed by atoms with Crippen molar-refractivity contribution in [2.75, 3.05) is 18.4 Å². The summed E-state index contributed by atoms with van der Waals surface area (Å²) in [6, 6.07) is 5.15. The molecule has 2 aliphatic rings. The van der Waals surface area contributed by atoms with Crippen LogP contribution in [-0.4, -0.2) is 41.5 Å². The van der Waals surface area contributed by atoms with Crippen molar-refractivity contribution in [3.05, 3.63) is 30.1 Å². The molecule has 1 saturated carbocycles. The maximum Gasteiger partial charge on any atom is 0.319 e. The molecule has 1 aliphatic carbocycles. The first-order valence-corrected chi connectivity index (χ1v) is 9.26. The number of carbonyl (C=O) groups excluding carboxylic acids is 2. The third-order valence-corrected chi connectivity index (χ3v) is 5.49. The Morgan fingerprint density at radius 2 is 1.93 bits per heavy atom. The van der Waals surface area contributed by atoms with E-state index < -0.39 is 5.54 Å². The highest BCUT2D eigenvalue weighted by Gasteiger charge is 2.41. The second kappa shape index (κ2) is 8.89. The number of halogens is 2. The maximum atomic E-state index is 12.9. The molecule has 3 amide bonds. The van der Waals surface area contributed by atoms with Gasteiger partial charge in [0.2, 0.25) is 5.91 Å². The van der Waals surface area contributed by atoms with Gasteiger partial charge in [0.1, 0.15) is 5.82 Å². The predicted molar refractivity (Wildman–Crippen MR) is 105 cm³/mol. The summed E-state index contributed by atoms with van der Waals surface area (Å²) >= 11 is 0. The van der Waals surface area contributed by atoms with E-state index in [1.54, 1.807) is 0 Å². The molecule has 1 heterocycles. The van der Waals surface area contributed by atoms with E-state index in [4.69, 9.17) is 5.73 Å². The van der Waals surface area contributed by atoms with Gasteiger partial charge in [-0.25, -0.2) is 9.18 Å². The normalized spacial score (nSPS) is 27.6. The number of nitrogens with one attached hydrogen (secondary N) is 2. The number of hydrogen-bond donors (Lipinski definition) is 3. The molecule has 1 saturated heterocycles. The molecule has 0 radical (unpaired) electrons. The summed E-state index contributed by atoms with van der Waals surface area (Å²) in [5.74, 6) is -0.378. The average molecular weight is 399 g/mol. The molecule has 6 nitrogen and oxygen atoms in total. The Morgan fingerprint density at radius 1 is 1.22 bits per heavy atom. The molecular formula is C19H28ClFN4O2. The molecule has 0 aromatic heterocycles. The van der Waals surface area contributed by atoms with E-state index in [1.807, 2.05) is 11.8 Å². The molecule has 0 bridgehead atoms. The number of rotatable bonds is 3. The Labute approximate surface area is 165 Å². The number of amides is 3. The molecule has 4 N–H and O–H groups in total. The summed E-state index contributed by atoms with van der Waals surface area (Å²) in [5.41, 5.74) is 6.43. The number of carbonyl (C=O) groups is 2. The molecule has 3 atom stereocenters. The van der Waals surface area contributed by atoms with Gasteiger partial charge in [0.15, 0.2) is 0 Å². The van der Waals surface area contributed by atoms with Crippen molar-refractivity contribution >= 4 is 30.0 Å². The Balaban J connectivity index is 0.00000261. The monoisotopic (exact) mass is 398 g/mol. The minimum atomic E-state index is -0.444. The summed E-state index contributed by atoms with van der Waals surface area (Å²) < 4.78 is 12.9. The quantitative estimate of drug-likeness (QED) is 0.731. The molecule has 0 spiro atoms. The average Bonchev–Trinajstić information content (AvgIpc) is 3.04. The minimum Gasteiger partial charge on any atom is -0.340 e. The molecule has 1 aromatic rings. The van der Waals surface area contributed by atoms with Crippen LogP contribution in [0.3, 0.4) is 0 Å². The van der Waals surface area contributed by atoms with Crippen LogP contribution >= 0.6 is 12.4 Å². The van der Waals surface area contributed by atoms with Crippen LogP contribution in [0.5, 0.6) is 0 Å². The number of likely N-dealkylation sites (tertiary alicyclic amines) is 1. The lowest BCUT2D eigenvalue weighted by Crippen LogP contribution is -2.53. The third-order valence-electron chi connectivity index (χ3n) is 5.49. The summed E-state index contributed by atoms with van der Waals surface area (Å²) in [7, 11) is 0. The van der Waals surface area contributed by atoms with Crippen molar-refractivity contribution in [2.24, 2.45) is 11.7 Å². The van der Waals surface area contributed by atoms with E-state index in [2.05, 4.69) is 10.6 Å². The molecule has 1 aliphatic heterocycles. The lowest BCUT2D eigenvalue weighted by molar-refractivity contribution is -0.137. The topological polar surface area (TPSA) is 87.5 Å². The zero-order valence-corrected chi connectivity index (χ0v) is 16.4. The van der Waals surface area contributed by atoms with Crippen LogP contribution in [0.4, 0.5) is 14.9 Å². The number of nitrogens with zero attached hydrogens (tertiary/aromatic N) is 1. The minimum absolute atomic E-state index is 0. The van der Waals surface area contributed by atoms with E-state index in [0.717, 1.165) is 32.1 Å². The fourth-order valence-corrected chi connectivity index (χ4v) is 3.95. The highest BCUT2D eigenvalue weighted by atomic mass is 35.5. The van der Waals surface area contributed by atoms with Gasteiger partial charge in [-0.05, 0) is 50.5 Å². The number of hydrogen-bond acceptors (Lipinski definition) is 3. The fraction of sp³-hybridized carbons (Fsp3) is 0.579.